The molecule has 1 fully saturated rings. The quantitative estimate of drug-likeness (QED) is 0.425. The van der Waals surface area contributed by atoms with Gasteiger partial charge in [-0.1, -0.05) is 29.3 Å². The monoisotopic (exact) mass is 587 g/mol. The fraction of sp³-hybridized carbons (Fsp3) is 0.286. The highest BCUT2D eigenvalue weighted by Gasteiger charge is 2.35. The van der Waals surface area contributed by atoms with Gasteiger partial charge in [0.05, 0.1) is 18.1 Å². The molecule has 0 bridgehead atoms. The topological polar surface area (TPSA) is 96.0 Å². The van der Waals surface area contributed by atoms with E-state index >= 15 is 0 Å². The highest BCUT2D eigenvalue weighted by molar-refractivity contribution is 7.89. The van der Waals surface area contributed by atoms with Crippen LogP contribution >= 0.6 is 23.2 Å². The van der Waals surface area contributed by atoms with Crippen LogP contribution in [0.2, 0.25) is 10.0 Å². The number of nitrogens with zero attached hydrogens (tertiary/aromatic N) is 2. The minimum atomic E-state index is -3.93. The molecule has 3 aromatic rings. The summed E-state index contributed by atoms with van der Waals surface area (Å²) in [5.74, 6) is -0.286. The normalized spacial score (nSPS) is 17.5. The number of rotatable bonds is 6. The number of sulfonamides is 1. The number of piperidine rings is 1. The number of hydrogen-bond donors (Lipinski definition) is 1. The van der Waals surface area contributed by atoms with Gasteiger partial charge in [0.2, 0.25) is 15.9 Å². The van der Waals surface area contributed by atoms with Crippen molar-refractivity contribution in [3.05, 3.63) is 81.8 Å². The first kappa shape index (κ1) is 27.5. The van der Waals surface area contributed by atoms with E-state index < -0.39 is 15.9 Å². The lowest BCUT2D eigenvalue weighted by Crippen LogP contribution is -2.43. The summed E-state index contributed by atoms with van der Waals surface area (Å²) in [7, 11) is -2.35. The van der Waals surface area contributed by atoms with Gasteiger partial charge in [0.25, 0.3) is 5.91 Å². The van der Waals surface area contributed by atoms with Crippen LogP contribution in [-0.2, 0) is 21.2 Å². The maximum absolute atomic E-state index is 13.3. The number of nitrogens with one attached hydrogen (secondary N) is 1. The molecule has 1 atom stereocenters. The van der Waals surface area contributed by atoms with Crippen molar-refractivity contribution in [3.8, 4) is 5.75 Å². The second kappa shape index (κ2) is 11.2. The molecule has 2 aliphatic rings. The molecular formula is C28H27Cl2N3O5S. The number of fused-ring (bicyclic) bond motifs is 1. The molecule has 1 saturated heterocycles. The maximum Gasteiger partial charge on any atom is 0.258 e. The van der Waals surface area contributed by atoms with Crippen molar-refractivity contribution in [2.24, 2.45) is 5.92 Å². The number of anilines is 2. The molecule has 0 aliphatic carbocycles. The average molecular weight is 589 g/mol. The Bertz CT molecular complexity index is 1530. The second-order valence-electron chi connectivity index (χ2n) is 9.54. The van der Waals surface area contributed by atoms with Crippen molar-refractivity contribution in [2.45, 2.75) is 24.2 Å². The van der Waals surface area contributed by atoms with E-state index in [1.165, 1.54) is 22.5 Å². The number of methoxy groups -OCH3 is 1. The van der Waals surface area contributed by atoms with Crippen LogP contribution in [0.15, 0.2) is 65.6 Å². The van der Waals surface area contributed by atoms with Gasteiger partial charge in [-0.25, -0.2) is 8.42 Å². The number of hydrogen-bond acceptors (Lipinski definition) is 5. The molecule has 5 rings (SSSR count). The number of amides is 2. The molecular weight excluding hydrogens is 561 g/mol. The summed E-state index contributed by atoms with van der Waals surface area (Å²) in [5, 5.41) is 3.27. The molecule has 0 unspecified atom stereocenters. The maximum atomic E-state index is 13.3. The van der Waals surface area contributed by atoms with Crippen molar-refractivity contribution in [1.82, 2.24) is 4.31 Å². The molecule has 8 nitrogen and oxygen atoms in total. The molecule has 2 amide bonds. The van der Waals surface area contributed by atoms with Crippen molar-refractivity contribution in [1.29, 1.82) is 0 Å². The summed E-state index contributed by atoms with van der Waals surface area (Å²) >= 11 is 12.2. The van der Waals surface area contributed by atoms with Gasteiger partial charge in [0, 0.05) is 41.6 Å². The van der Waals surface area contributed by atoms with Crippen LogP contribution in [-0.4, -0.2) is 51.3 Å². The van der Waals surface area contributed by atoms with Gasteiger partial charge in [-0.3, -0.25) is 9.59 Å². The zero-order valence-electron chi connectivity index (χ0n) is 21.2. The molecule has 0 spiro atoms. The third-order valence-corrected chi connectivity index (χ3v) is 9.68. The first-order chi connectivity index (χ1) is 18.7. The van der Waals surface area contributed by atoms with Crippen LogP contribution in [0.1, 0.15) is 28.8 Å². The highest BCUT2D eigenvalue weighted by atomic mass is 35.5. The number of benzene rings is 3. The van der Waals surface area contributed by atoms with E-state index in [0.29, 0.717) is 42.8 Å². The number of halogens is 2. The Morgan fingerprint density at radius 3 is 2.51 bits per heavy atom. The first-order valence-corrected chi connectivity index (χ1v) is 14.7. The van der Waals surface area contributed by atoms with E-state index in [0.717, 1.165) is 11.3 Å². The standard InChI is InChI=1S/C28H27Cl2N3O5S/c1-38-23-9-5-19(6-10-23)28(35)33-14-12-18-4-8-22(16-25(18)33)31-27(34)20-3-2-13-32(17-20)39(36,37)26-15-21(29)7-11-24(26)30/h4-11,15-16,20H,2-3,12-14,17H2,1H3,(H,31,34)/t20-/m0/s1. The number of carbonyl (C=O) groups is 2. The molecule has 0 radical (unpaired) electrons. The van der Waals surface area contributed by atoms with Crippen LogP contribution in [0.3, 0.4) is 0 Å². The highest BCUT2D eigenvalue weighted by Crippen LogP contribution is 2.34. The molecule has 204 valence electrons. The molecule has 11 heteroatoms. The Morgan fingerprint density at radius 1 is 1.00 bits per heavy atom. The number of carbonyl (C=O) groups excluding carboxylic acids is 2. The van der Waals surface area contributed by atoms with Gasteiger partial charge >= 0.3 is 0 Å². The van der Waals surface area contributed by atoms with E-state index in [1.807, 2.05) is 6.07 Å². The zero-order valence-corrected chi connectivity index (χ0v) is 23.5. The smallest absolute Gasteiger partial charge is 0.258 e. The van der Waals surface area contributed by atoms with Gasteiger partial charge in [-0.15, -0.1) is 0 Å². The van der Waals surface area contributed by atoms with Crippen LogP contribution in [0.25, 0.3) is 0 Å². The molecule has 2 aliphatic heterocycles. The lowest BCUT2D eigenvalue weighted by Gasteiger charge is -2.31. The number of ether oxygens (including phenoxy) is 1. The zero-order chi connectivity index (χ0) is 27.7. The lowest BCUT2D eigenvalue weighted by molar-refractivity contribution is -0.120. The van der Waals surface area contributed by atoms with Crippen molar-refractivity contribution in [2.75, 3.05) is 37.0 Å². The van der Waals surface area contributed by atoms with E-state index in [4.69, 9.17) is 27.9 Å². The average Bonchev–Trinajstić information content (AvgIpc) is 3.37. The summed E-state index contributed by atoms with van der Waals surface area (Å²) in [6, 6.07) is 16.8. The summed E-state index contributed by atoms with van der Waals surface area (Å²) in [4.78, 5) is 28.1. The van der Waals surface area contributed by atoms with Crippen LogP contribution < -0.4 is 15.0 Å². The van der Waals surface area contributed by atoms with E-state index in [1.54, 1.807) is 48.4 Å². The Kier molecular flexibility index (Phi) is 7.87. The molecule has 0 saturated carbocycles. The van der Waals surface area contributed by atoms with Crippen molar-refractivity contribution >= 4 is 56.4 Å². The minimum absolute atomic E-state index is 0.0318. The van der Waals surface area contributed by atoms with Crippen molar-refractivity contribution in [3.63, 3.8) is 0 Å². The van der Waals surface area contributed by atoms with Gasteiger partial charge in [0.15, 0.2) is 0 Å². The fourth-order valence-corrected chi connectivity index (χ4v) is 7.25. The van der Waals surface area contributed by atoms with Crippen LogP contribution in [0.5, 0.6) is 5.75 Å². The third-order valence-electron chi connectivity index (χ3n) is 7.10. The van der Waals surface area contributed by atoms with Crippen LogP contribution in [0, 0.1) is 5.92 Å². The summed E-state index contributed by atoms with van der Waals surface area (Å²) in [6.45, 7) is 0.860. The molecule has 2 heterocycles. The molecule has 39 heavy (non-hydrogen) atoms. The Balaban J connectivity index is 1.30. The van der Waals surface area contributed by atoms with E-state index in [2.05, 4.69) is 5.32 Å². The lowest BCUT2D eigenvalue weighted by atomic mass is 9.98. The molecule has 3 aromatic carbocycles. The van der Waals surface area contributed by atoms with Crippen LogP contribution in [0.4, 0.5) is 11.4 Å². The fourth-order valence-electron chi connectivity index (χ4n) is 4.99. The summed E-state index contributed by atoms with van der Waals surface area (Å²) in [6.07, 6.45) is 1.80. The van der Waals surface area contributed by atoms with E-state index in [-0.39, 0.29) is 39.8 Å². The summed E-state index contributed by atoms with van der Waals surface area (Å²) < 4.78 is 33.0. The van der Waals surface area contributed by atoms with Gasteiger partial charge in [-0.2, -0.15) is 4.31 Å². The Hall–Kier alpha value is -3.11. The first-order valence-electron chi connectivity index (χ1n) is 12.5. The predicted molar refractivity (Wildman–Crippen MR) is 151 cm³/mol. The van der Waals surface area contributed by atoms with Gasteiger partial charge in [0.1, 0.15) is 10.6 Å². The predicted octanol–water partition coefficient (Wildman–Crippen LogP) is 5.24. The van der Waals surface area contributed by atoms with Gasteiger partial charge < -0.3 is 15.0 Å². The SMILES string of the molecule is COc1ccc(C(=O)N2CCc3ccc(NC(=O)[C@H]4CCCN(S(=O)(=O)c5cc(Cl)ccc5Cl)C4)cc32)cc1. The van der Waals surface area contributed by atoms with Gasteiger partial charge in [-0.05, 0) is 79.4 Å². The summed E-state index contributed by atoms with van der Waals surface area (Å²) in [5.41, 5.74) is 2.85. The third kappa shape index (κ3) is 5.63. The second-order valence-corrected chi connectivity index (χ2v) is 12.3. The van der Waals surface area contributed by atoms with E-state index in [9.17, 15) is 18.0 Å². The Labute approximate surface area is 237 Å². The Morgan fingerprint density at radius 2 is 1.77 bits per heavy atom. The van der Waals surface area contributed by atoms with Crippen molar-refractivity contribution < 1.29 is 22.7 Å². The largest absolute Gasteiger partial charge is 0.497 e. The minimum Gasteiger partial charge on any atom is -0.497 e. The molecule has 1 N–H and O–H groups in total. The molecule has 0 aromatic heterocycles.